The summed E-state index contributed by atoms with van der Waals surface area (Å²) in [6.07, 6.45) is 0.260. The van der Waals surface area contributed by atoms with Crippen molar-refractivity contribution in [3.8, 4) is 0 Å². The molecule has 0 heterocycles. The maximum absolute atomic E-state index is 10.2. The van der Waals surface area contributed by atoms with Gasteiger partial charge in [0, 0.05) is 0 Å². The number of amides is 1. The van der Waals surface area contributed by atoms with Crippen molar-refractivity contribution in [2.75, 3.05) is 5.75 Å². The third kappa shape index (κ3) is 3.31. The van der Waals surface area contributed by atoms with E-state index < -0.39 is 28.7 Å². The minimum absolute atomic E-state index is 0.260. The predicted molar refractivity (Wildman–Crippen MR) is 34.4 cm³/mol. The lowest BCUT2D eigenvalue weighted by atomic mass is 10.2. The van der Waals surface area contributed by atoms with E-state index in [2.05, 4.69) is 5.73 Å². The van der Waals surface area contributed by atoms with Crippen molar-refractivity contribution in [2.24, 2.45) is 11.7 Å². The summed E-state index contributed by atoms with van der Waals surface area (Å²) < 4.78 is 18.2. The van der Waals surface area contributed by atoms with Crippen LogP contribution < -0.4 is 5.73 Å². The van der Waals surface area contributed by atoms with Gasteiger partial charge in [-0.1, -0.05) is 0 Å². The van der Waals surface area contributed by atoms with E-state index in [4.69, 9.17) is 4.55 Å². The number of carbonyl (C=O) groups is 2. The number of hydrogen-bond acceptors (Lipinski definition) is 3. The summed E-state index contributed by atoms with van der Waals surface area (Å²) in [4.78, 5) is 20.1. The molecule has 0 saturated carbocycles. The van der Waals surface area contributed by atoms with Crippen molar-refractivity contribution in [2.45, 2.75) is 0 Å². The largest absolute Gasteiger partial charge is 0.369 e. The van der Waals surface area contributed by atoms with E-state index in [0.29, 0.717) is 0 Å². The molecule has 0 aliphatic rings. The van der Waals surface area contributed by atoms with Gasteiger partial charge in [0.1, 0.15) is 12.2 Å². The van der Waals surface area contributed by atoms with Gasteiger partial charge in [-0.3, -0.25) is 4.79 Å². The Labute approximate surface area is 59.9 Å². The molecule has 3 N–H and O–H groups in total. The monoisotopic (exact) mass is 165 g/mol. The van der Waals surface area contributed by atoms with Crippen LogP contribution in [0.2, 0.25) is 0 Å². The molecule has 58 valence electrons. The average molecular weight is 165 g/mol. The molecular weight excluding hydrogens is 158 g/mol. The first-order chi connectivity index (χ1) is 4.57. The van der Waals surface area contributed by atoms with Gasteiger partial charge in [0.05, 0.1) is 5.75 Å². The van der Waals surface area contributed by atoms with E-state index in [1.165, 1.54) is 0 Å². The highest BCUT2D eigenvalue weighted by atomic mass is 32.2. The van der Waals surface area contributed by atoms with E-state index in [1.54, 1.807) is 0 Å². The quantitative estimate of drug-likeness (QED) is 0.301. The molecule has 0 aliphatic carbocycles. The van der Waals surface area contributed by atoms with E-state index >= 15 is 0 Å². The summed E-state index contributed by atoms with van der Waals surface area (Å²) in [5, 5.41) is 0. The van der Waals surface area contributed by atoms with E-state index in [9.17, 15) is 13.8 Å². The molecular formula is C4H7NO4S. The molecule has 0 bridgehead atoms. The Bertz CT molecular complexity index is 169. The van der Waals surface area contributed by atoms with Crippen LogP contribution in [0.25, 0.3) is 0 Å². The molecule has 2 unspecified atom stereocenters. The highest BCUT2D eigenvalue weighted by Gasteiger charge is 2.16. The smallest absolute Gasteiger partial charge is 0.228 e. The number of aldehydes is 1. The maximum Gasteiger partial charge on any atom is 0.228 e. The molecule has 1 amide bonds. The zero-order valence-corrected chi connectivity index (χ0v) is 5.84. The van der Waals surface area contributed by atoms with Crippen LogP contribution in [0.4, 0.5) is 0 Å². The first-order valence-corrected chi connectivity index (χ1v) is 3.67. The van der Waals surface area contributed by atoms with Crippen molar-refractivity contribution >= 4 is 23.3 Å². The Morgan fingerprint density at radius 1 is 1.80 bits per heavy atom. The average Bonchev–Trinajstić information content (AvgIpc) is 1.81. The Hall–Kier alpha value is -0.750. The first kappa shape index (κ1) is 9.25. The number of rotatable bonds is 4. The minimum Gasteiger partial charge on any atom is -0.369 e. The van der Waals surface area contributed by atoms with Gasteiger partial charge in [-0.05, 0) is 0 Å². The SMILES string of the molecule is NC(=O)C(C=O)CS(=O)O. The van der Waals surface area contributed by atoms with E-state index in [0.717, 1.165) is 0 Å². The third-order valence-electron chi connectivity index (χ3n) is 0.852. The standard InChI is InChI=1S/C4H7NO4S/c5-4(7)3(1-6)2-10(8)9/h1,3H,2H2,(H2,5,7)(H,8,9). The summed E-state index contributed by atoms with van der Waals surface area (Å²) in [5.74, 6) is -2.44. The first-order valence-electron chi connectivity index (χ1n) is 2.40. The van der Waals surface area contributed by atoms with Gasteiger partial charge in [0.25, 0.3) is 0 Å². The molecule has 0 radical (unpaired) electrons. The summed E-state index contributed by atoms with van der Waals surface area (Å²) in [5.41, 5.74) is 4.68. The summed E-state index contributed by atoms with van der Waals surface area (Å²) in [6, 6.07) is 0. The van der Waals surface area contributed by atoms with Crippen LogP contribution in [0.1, 0.15) is 0 Å². The molecule has 5 nitrogen and oxygen atoms in total. The minimum atomic E-state index is -2.15. The van der Waals surface area contributed by atoms with Crippen LogP contribution in [0.3, 0.4) is 0 Å². The second-order valence-electron chi connectivity index (χ2n) is 1.63. The number of hydrogen-bond donors (Lipinski definition) is 2. The molecule has 0 aromatic rings. The summed E-state index contributed by atoms with van der Waals surface area (Å²) in [6.45, 7) is 0. The van der Waals surface area contributed by atoms with Crippen molar-refractivity contribution in [3.63, 3.8) is 0 Å². The third-order valence-corrected chi connectivity index (χ3v) is 1.50. The van der Waals surface area contributed by atoms with Gasteiger partial charge in [-0.15, -0.1) is 0 Å². The molecule has 0 aliphatic heterocycles. The fourth-order valence-corrected chi connectivity index (χ4v) is 0.892. The lowest BCUT2D eigenvalue weighted by Crippen LogP contribution is -2.28. The van der Waals surface area contributed by atoms with Gasteiger partial charge >= 0.3 is 0 Å². The van der Waals surface area contributed by atoms with Gasteiger partial charge in [-0.2, -0.15) is 0 Å². The fraction of sp³-hybridized carbons (Fsp3) is 0.500. The lowest BCUT2D eigenvalue weighted by Gasteiger charge is -1.99. The van der Waals surface area contributed by atoms with Crippen molar-refractivity contribution in [1.29, 1.82) is 0 Å². The highest BCUT2D eigenvalue weighted by Crippen LogP contribution is 1.91. The molecule has 0 aromatic carbocycles. The molecule has 0 aromatic heterocycles. The maximum atomic E-state index is 10.2. The Kier molecular flexibility index (Phi) is 3.82. The van der Waals surface area contributed by atoms with Crippen LogP contribution in [0.5, 0.6) is 0 Å². The van der Waals surface area contributed by atoms with Crippen LogP contribution in [-0.2, 0) is 20.7 Å². The van der Waals surface area contributed by atoms with Gasteiger partial charge in [-0.25, -0.2) is 4.21 Å². The molecule has 10 heavy (non-hydrogen) atoms. The van der Waals surface area contributed by atoms with Crippen molar-refractivity contribution < 1.29 is 18.4 Å². The van der Waals surface area contributed by atoms with Crippen LogP contribution in [0, 0.1) is 5.92 Å². The zero-order chi connectivity index (χ0) is 8.15. The number of carbonyl (C=O) groups excluding carboxylic acids is 2. The number of primary amides is 1. The molecule has 6 heteroatoms. The van der Waals surface area contributed by atoms with Crippen molar-refractivity contribution in [3.05, 3.63) is 0 Å². The lowest BCUT2D eigenvalue weighted by molar-refractivity contribution is -0.125. The molecule has 0 spiro atoms. The molecule has 0 saturated heterocycles. The van der Waals surface area contributed by atoms with Gasteiger partial charge in [0.15, 0.2) is 11.1 Å². The van der Waals surface area contributed by atoms with Crippen LogP contribution >= 0.6 is 0 Å². The van der Waals surface area contributed by atoms with Crippen LogP contribution in [-0.4, -0.2) is 26.7 Å². The fourth-order valence-electron chi connectivity index (χ4n) is 0.342. The molecule has 0 fully saturated rings. The normalized spacial score (nSPS) is 15.7. The second-order valence-corrected chi connectivity index (χ2v) is 2.61. The van der Waals surface area contributed by atoms with Gasteiger partial charge < -0.3 is 15.1 Å². The Morgan fingerprint density at radius 3 is 2.40 bits per heavy atom. The summed E-state index contributed by atoms with van der Waals surface area (Å²) in [7, 11) is 0. The van der Waals surface area contributed by atoms with E-state index in [-0.39, 0.29) is 6.29 Å². The second kappa shape index (κ2) is 4.13. The summed E-state index contributed by atoms with van der Waals surface area (Å²) >= 11 is -2.15. The number of nitrogens with two attached hydrogens (primary N) is 1. The van der Waals surface area contributed by atoms with E-state index in [1.807, 2.05) is 0 Å². The molecule has 2 atom stereocenters. The Morgan fingerprint density at radius 2 is 2.30 bits per heavy atom. The highest BCUT2D eigenvalue weighted by molar-refractivity contribution is 7.79. The molecule has 0 rings (SSSR count). The topological polar surface area (TPSA) is 97.5 Å². The Balaban J connectivity index is 3.96. The van der Waals surface area contributed by atoms with Gasteiger partial charge in [0.2, 0.25) is 5.91 Å². The predicted octanol–water partition coefficient (Wildman–Crippen LogP) is -1.49. The van der Waals surface area contributed by atoms with Crippen LogP contribution in [0.15, 0.2) is 0 Å². The van der Waals surface area contributed by atoms with Crippen molar-refractivity contribution in [1.82, 2.24) is 0 Å². The zero-order valence-electron chi connectivity index (χ0n) is 5.02.